The van der Waals surface area contributed by atoms with E-state index in [1.807, 2.05) is 0 Å². The fourth-order valence-electron chi connectivity index (χ4n) is 1.45. The molecule has 0 aromatic carbocycles. The Balaban J connectivity index is 3.64. The Morgan fingerprint density at radius 3 is 2.21 bits per heavy atom. The SMILES string of the molecule is COCCOCC(=O)NCCC[Si](OC)(OC)OC. The summed E-state index contributed by atoms with van der Waals surface area (Å²) in [4.78, 5) is 11.4. The Hall–Kier alpha value is -0.513. The number of nitrogens with one attached hydrogen (secondary N) is 1. The molecule has 0 heterocycles. The van der Waals surface area contributed by atoms with Crippen molar-refractivity contribution in [3.63, 3.8) is 0 Å². The average Bonchev–Trinajstić information content (AvgIpc) is 2.45. The van der Waals surface area contributed by atoms with Crippen LogP contribution in [0.4, 0.5) is 0 Å². The van der Waals surface area contributed by atoms with Crippen LogP contribution in [0.2, 0.25) is 6.04 Å². The molecule has 0 saturated carbocycles. The maximum Gasteiger partial charge on any atom is 0.500 e. The van der Waals surface area contributed by atoms with Gasteiger partial charge in [0, 0.05) is 41.0 Å². The smallest absolute Gasteiger partial charge is 0.382 e. The third-order valence-corrected chi connectivity index (χ3v) is 5.41. The first-order valence-corrected chi connectivity index (χ1v) is 8.06. The van der Waals surface area contributed by atoms with E-state index in [-0.39, 0.29) is 12.5 Å². The third kappa shape index (κ3) is 8.29. The van der Waals surface area contributed by atoms with Crippen LogP contribution in [0, 0.1) is 0 Å². The van der Waals surface area contributed by atoms with Crippen LogP contribution in [0.1, 0.15) is 6.42 Å². The van der Waals surface area contributed by atoms with E-state index in [0.717, 1.165) is 6.42 Å². The lowest BCUT2D eigenvalue weighted by atomic mass is 10.4. The van der Waals surface area contributed by atoms with Gasteiger partial charge in [-0.2, -0.15) is 0 Å². The van der Waals surface area contributed by atoms with Gasteiger partial charge in [0.25, 0.3) is 0 Å². The normalized spacial score (nSPS) is 11.6. The van der Waals surface area contributed by atoms with Crippen LogP contribution in [0.5, 0.6) is 0 Å². The van der Waals surface area contributed by atoms with E-state index in [4.69, 9.17) is 22.8 Å². The lowest BCUT2D eigenvalue weighted by molar-refractivity contribution is -0.126. The number of hydrogen-bond donors (Lipinski definition) is 1. The van der Waals surface area contributed by atoms with Crippen molar-refractivity contribution in [3.8, 4) is 0 Å². The first kappa shape index (κ1) is 18.5. The molecule has 0 radical (unpaired) electrons. The molecular weight excluding hydrogens is 270 g/mol. The minimum atomic E-state index is -2.52. The van der Waals surface area contributed by atoms with Crippen molar-refractivity contribution in [1.82, 2.24) is 5.32 Å². The minimum Gasteiger partial charge on any atom is -0.382 e. The number of methoxy groups -OCH3 is 1. The summed E-state index contributed by atoms with van der Waals surface area (Å²) in [5.41, 5.74) is 0. The Labute approximate surface area is 115 Å². The fourth-order valence-corrected chi connectivity index (χ4v) is 3.17. The zero-order valence-corrected chi connectivity index (χ0v) is 13.2. The van der Waals surface area contributed by atoms with E-state index < -0.39 is 8.80 Å². The maximum atomic E-state index is 11.4. The van der Waals surface area contributed by atoms with Gasteiger partial charge in [0.2, 0.25) is 5.91 Å². The average molecular weight is 295 g/mol. The van der Waals surface area contributed by atoms with Crippen LogP contribution in [0.3, 0.4) is 0 Å². The van der Waals surface area contributed by atoms with Gasteiger partial charge in [0.1, 0.15) is 6.61 Å². The topological polar surface area (TPSA) is 75.3 Å². The summed E-state index contributed by atoms with van der Waals surface area (Å²) in [5.74, 6) is -0.143. The highest BCUT2D eigenvalue weighted by Gasteiger charge is 2.36. The van der Waals surface area contributed by atoms with Gasteiger partial charge < -0.3 is 28.1 Å². The minimum absolute atomic E-state index is 0.0464. The Bertz CT molecular complexity index is 229. The molecule has 0 aliphatic heterocycles. The molecule has 19 heavy (non-hydrogen) atoms. The van der Waals surface area contributed by atoms with E-state index >= 15 is 0 Å². The fraction of sp³-hybridized carbons (Fsp3) is 0.909. The second-order valence-electron chi connectivity index (χ2n) is 3.79. The second-order valence-corrected chi connectivity index (χ2v) is 6.89. The van der Waals surface area contributed by atoms with Gasteiger partial charge >= 0.3 is 8.80 Å². The Morgan fingerprint density at radius 2 is 1.68 bits per heavy atom. The molecule has 0 bridgehead atoms. The quantitative estimate of drug-likeness (QED) is 0.404. The molecular formula is C11H25NO6Si. The van der Waals surface area contributed by atoms with Crippen LogP contribution >= 0.6 is 0 Å². The van der Waals surface area contributed by atoms with Gasteiger partial charge in [0.15, 0.2) is 0 Å². The summed E-state index contributed by atoms with van der Waals surface area (Å²) in [6.07, 6.45) is 0.728. The third-order valence-electron chi connectivity index (χ3n) is 2.58. The molecule has 8 heteroatoms. The van der Waals surface area contributed by atoms with Crippen molar-refractivity contribution in [1.29, 1.82) is 0 Å². The highest BCUT2D eigenvalue weighted by molar-refractivity contribution is 6.60. The van der Waals surface area contributed by atoms with Crippen molar-refractivity contribution in [2.75, 3.05) is 54.8 Å². The van der Waals surface area contributed by atoms with Crippen molar-refractivity contribution in [2.45, 2.75) is 12.5 Å². The number of amides is 1. The molecule has 0 atom stereocenters. The maximum absolute atomic E-state index is 11.4. The number of ether oxygens (including phenoxy) is 2. The molecule has 7 nitrogen and oxygen atoms in total. The number of carbonyl (C=O) groups excluding carboxylic acids is 1. The molecule has 1 N–H and O–H groups in total. The molecule has 0 aliphatic rings. The van der Waals surface area contributed by atoms with Crippen LogP contribution < -0.4 is 5.32 Å². The van der Waals surface area contributed by atoms with E-state index in [2.05, 4.69) is 5.32 Å². The molecule has 0 fully saturated rings. The Kier molecular flexibility index (Phi) is 11.0. The number of carbonyl (C=O) groups is 1. The molecule has 1 amide bonds. The van der Waals surface area contributed by atoms with Crippen LogP contribution in [-0.4, -0.2) is 69.5 Å². The van der Waals surface area contributed by atoms with Crippen molar-refractivity contribution < 1.29 is 27.5 Å². The van der Waals surface area contributed by atoms with Crippen molar-refractivity contribution >= 4 is 14.7 Å². The predicted octanol–water partition coefficient (Wildman–Crippen LogP) is 0.0338. The van der Waals surface area contributed by atoms with Crippen molar-refractivity contribution in [2.24, 2.45) is 0 Å². The summed E-state index contributed by atoms with van der Waals surface area (Å²) in [5, 5.41) is 2.76. The van der Waals surface area contributed by atoms with Crippen LogP contribution in [0.15, 0.2) is 0 Å². The summed E-state index contributed by atoms with van der Waals surface area (Å²) in [6, 6.07) is 0.654. The lowest BCUT2D eigenvalue weighted by Crippen LogP contribution is -2.43. The molecule has 0 saturated heterocycles. The number of hydrogen-bond acceptors (Lipinski definition) is 6. The van der Waals surface area contributed by atoms with Crippen LogP contribution in [-0.2, 0) is 27.5 Å². The van der Waals surface area contributed by atoms with Gasteiger partial charge in [-0.05, 0) is 6.42 Å². The van der Waals surface area contributed by atoms with Gasteiger partial charge in [0.05, 0.1) is 13.2 Å². The van der Waals surface area contributed by atoms with Gasteiger partial charge in [-0.3, -0.25) is 4.79 Å². The monoisotopic (exact) mass is 295 g/mol. The zero-order valence-electron chi connectivity index (χ0n) is 12.2. The first-order valence-electron chi connectivity index (χ1n) is 6.13. The van der Waals surface area contributed by atoms with E-state index in [9.17, 15) is 4.79 Å². The number of rotatable bonds is 12. The van der Waals surface area contributed by atoms with Crippen molar-refractivity contribution in [3.05, 3.63) is 0 Å². The van der Waals surface area contributed by atoms with Crippen LogP contribution in [0.25, 0.3) is 0 Å². The lowest BCUT2D eigenvalue weighted by Gasteiger charge is -2.24. The van der Waals surface area contributed by atoms with Gasteiger partial charge in [-0.1, -0.05) is 0 Å². The molecule has 0 aromatic heterocycles. The standard InChI is InChI=1S/C11H25NO6Si/c1-14-7-8-18-10-11(13)12-6-5-9-19(15-2,16-3)17-4/h5-10H2,1-4H3,(H,12,13). The molecule has 0 rings (SSSR count). The summed E-state index contributed by atoms with van der Waals surface area (Å²) < 4.78 is 25.7. The summed E-state index contributed by atoms with van der Waals surface area (Å²) in [6.45, 7) is 1.48. The molecule has 114 valence electrons. The van der Waals surface area contributed by atoms with Gasteiger partial charge in [-0.25, -0.2) is 0 Å². The second kappa shape index (κ2) is 11.3. The van der Waals surface area contributed by atoms with E-state index in [1.54, 1.807) is 28.4 Å². The Morgan fingerprint density at radius 1 is 1.05 bits per heavy atom. The molecule has 0 unspecified atom stereocenters. The predicted molar refractivity (Wildman–Crippen MR) is 71.9 cm³/mol. The summed E-state index contributed by atoms with van der Waals surface area (Å²) in [7, 11) is 3.77. The highest BCUT2D eigenvalue weighted by Crippen LogP contribution is 2.14. The molecule has 0 aliphatic carbocycles. The van der Waals surface area contributed by atoms with E-state index in [1.165, 1.54) is 0 Å². The zero-order chi connectivity index (χ0) is 14.6. The first-order chi connectivity index (χ1) is 9.14. The largest absolute Gasteiger partial charge is 0.500 e. The summed E-state index contributed by atoms with van der Waals surface area (Å²) >= 11 is 0. The van der Waals surface area contributed by atoms with Gasteiger partial charge in [-0.15, -0.1) is 0 Å². The van der Waals surface area contributed by atoms with E-state index in [0.29, 0.717) is 25.8 Å². The molecule has 0 aromatic rings. The highest BCUT2D eigenvalue weighted by atomic mass is 28.4. The molecule has 0 spiro atoms.